The van der Waals surface area contributed by atoms with Crippen LogP contribution in [0.2, 0.25) is 0 Å². The number of nitrogens with one attached hydrogen (secondary N) is 2. The third kappa shape index (κ3) is 2.30. The predicted octanol–water partition coefficient (Wildman–Crippen LogP) is 0.477. The molecule has 1 atom stereocenters. The Hall–Kier alpha value is -3.16. The topological polar surface area (TPSA) is 121 Å². The first-order chi connectivity index (χ1) is 10.6. The lowest BCUT2D eigenvalue weighted by atomic mass is 10.0. The molecule has 0 aliphatic carbocycles. The van der Waals surface area contributed by atoms with E-state index in [-0.39, 0.29) is 17.6 Å². The fourth-order valence-corrected chi connectivity index (χ4v) is 2.41. The minimum absolute atomic E-state index is 0.130. The van der Waals surface area contributed by atoms with Gasteiger partial charge in [0.1, 0.15) is 5.52 Å². The number of fused-ring (bicyclic) bond motifs is 1. The van der Waals surface area contributed by atoms with Crippen molar-refractivity contribution in [2.24, 2.45) is 0 Å². The summed E-state index contributed by atoms with van der Waals surface area (Å²) in [4.78, 5) is 44.8. The molecule has 2 heterocycles. The van der Waals surface area contributed by atoms with Crippen LogP contribution in [0.15, 0.2) is 46.2 Å². The Morgan fingerprint density at radius 1 is 1.27 bits per heavy atom. The second-order valence-corrected chi connectivity index (χ2v) is 4.76. The minimum Gasteiger partial charge on any atom is -0.481 e. The highest BCUT2D eigenvalue weighted by Gasteiger charge is 2.22. The number of H-pyrrole nitrogens is 2. The van der Waals surface area contributed by atoms with Gasteiger partial charge >= 0.3 is 11.7 Å². The van der Waals surface area contributed by atoms with Crippen LogP contribution in [0.3, 0.4) is 0 Å². The Morgan fingerprint density at radius 2 is 2.00 bits per heavy atom. The van der Waals surface area contributed by atoms with E-state index in [9.17, 15) is 14.4 Å². The van der Waals surface area contributed by atoms with Crippen molar-refractivity contribution < 1.29 is 9.90 Å². The molecule has 0 aliphatic heterocycles. The molecule has 0 spiro atoms. The highest BCUT2D eigenvalue weighted by molar-refractivity contribution is 5.69. The number of aliphatic carboxylic acids is 1. The van der Waals surface area contributed by atoms with E-state index in [0.717, 1.165) is 4.57 Å². The van der Waals surface area contributed by atoms with Gasteiger partial charge in [-0.1, -0.05) is 30.3 Å². The summed E-state index contributed by atoms with van der Waals surface area (Å²) < 4.78 is 0.907. The third-order valence-corrected chi connectivity index (χ3v) is 3.38. The first kappa shape index (κ1) is 13.8. The van der Waals surface area contributed by atoms with Crippen molar-refractivity contribution >= 4 is 17.1 Å². The summed E-state index contributed by atoms with van der Waals surface area (Å²) in [6.07, 6.45) is 0.910. The minimum atomic E-state index is -1.11. The summed E-state index contributed by atoms with van der Waals surface area (Å²) in [5.74, 6) is -1.11. The van der Waals surface area contributed by atoms with Crippen molar-refractivity contribution in [1.29, 1.82) is 0 Å². The number of imidazole rings is 1. The van der Waals surface area contributed by atoms with Crippen molar-refractivity contribution in [3.8, 4) is 0 Å². The first-order valence-electron chi connectivity index (χ1n) is 6.52. The Morgan fingerprint density at radius 3 is 2.68 bits per heavy atom. The fraction of sp³-hybridized carbons (Fsp3) is 0.143. The number of benzene rings is 1. The van der Waals surface area contributed by atoms with Gasteiger partial charge < -0.3 is 10.1 Å². The van der Waals surface area contributed by atoms with E-state index >= 15 is 0 Å². The SMILES string of the molecule is O=C(O)CC(c1ccccc1)n1c(=O)[nH]c2nc[nH]c2c1=O. The van der Waals surface area contributed by atoms with Gasteiger partial charge in [0.05, 0.1) is 18.8 Å². The number of aromatic amines is 2. The van der Waals surface area contributed by atoms with Crippen LogP contribution in [0.25, 0.3) is 11.2 Å². The Balaban J connectivity index is 2.26. The average Bonchev–Trinajstić information content (AvgIpc) is 2.95. The van der Waals surface area contributed by atoms with Gasteiger partial charge in [0.2, 0.25) is 0 Å². The zero-order valence-corrected chi connectivity index (χ0v) is 11.3. The summed E-state index contributed by atoms with van der Waals surface area (Å²) in [6, 6.07) is 7.67. The molecular weight excluding hydrogens is 288 g/mol. The van der Waals surface area contributed by atoms with Crippen molar-refractivity contribution in [3.05, 3.63) is 63.1 Å². The molecule has 0 bridgehead atoms. The third-order valence-electron chi connectivity index (χ3n) is 3.38. The summed E-state index contributed by atoms with van der Waals surface area (Å²) in [5.41, 5.74) is -0.457. The lowest BCUT2D eigenvalue weighted by molar-refractivity contribution is -0.137. The van der Waals surface area contributed by atoms with Crippen LogP contribution < -0.4 is 11.2 Å². The number of carboxylic acid groups (broad SMARTS) is 1. The van der Waals surface area contributed by atoms with E-state index in [0.29, 0.717) is 5.56 Å². The maximum atomic E-state index is 12.5. The lowest BCUT2D eigenvalue weighted by Crippen LogP contribution is -2.39. The molecule has 1 unspecified atom stereocenters. The Bertz CT molecular complexity index is 939. The Labute approximate surface area is 123 Å². The molecule has 0 aliphatic rings. The van der Waals surface area contributed by atoms with Gasteiger partial charge in [0.15, 0.2) is 5.65 Å². The molecule has 0 saturated heterocycles. The summed E-state index contributed by atoms with van der Waals surface area (Å²) in [7, 11) is 0. The van der Waals surface area contributed by atoms with Crippen LogP contribution in [0.4, 0.5) is 0 Å². The molecule has 22 heavy (non-hydrogen) atoms. The molecule has 1 aromatic carbocycles. The summed E-state index contributed by atoms with van der Waals surface area (Å²) in [6.45, 7) is 0. The fourth-order valence-electron chi connectivity index (χ4n) is 2.41. The molecule has 8 nitrogen and oxygen atoms in total. The summed E-state index contributed by atoms with van der Waals surface area (Å²) >= 11 is 0. The molecule has 0 fully saturated rings. The number of rotatable bonds is 4. The van der Waals surface area contributed by atoms with E-state index in [1.54, 1.807) is 30.3 Å². The molecule has 3 rings (SSSR count). The van der Waals surface area contributed by atoms with Gasteiger partial charge in [-0.3, -0.25) is 19.1 Å². The lowest BCUT2D eigenvalue weighted by Gasteiger charge is -2.17. The van der Waals surface area contributed by atoms with Gasteiger partial charge in [-0.2, -0.15) is 0 Å². The van der Waals surface area contributed by atoms with Crippen LogP contribution in [0, 0.1) is 0 Å². The molecule has 3 N–H and O–H groups in total. The molecule has 0 saturated carbocycles. The van der Waals surface area contributed by atoms with E-state index in [1.165, 1.54) is 6.33 Å². The van der Waals surface area contributed by atoms with Crippen molar-refractivity contribution in [3.63, 3.8) is 0 Å². The second kappa shape index (κ2) is 5.32. The van der Waals surface area contributed by atoms with Crippen LogP contribution in [0.1, 0.15) is 18.0 Å². The molecule has 0 radical (unpaired) electrons. The largest absolute Gasteiger partial charge is 0.481 e. The van der Waals surface area contributed by atoms with Gasteiger partial charge in [-0.15, -0.1) is 0 Å². The summed E-state index contributed by atoms with van der Waals surface area (Å²) in [5, 5.41) is 9.11. The highest BCUT2D eigenvalue weighted by Crippen LogP contribution is 2.19. The van der Waals surface area contributed by atoms with Crippen LogP contribution in [-0.4, -0.2) is 30.6 Å². The highest BCUT2D eigenvalue weighted by atomic mass is 16.4. The average molecular weight is 300 g/mol. The predicted molar refractivity (Wildman–Crippen MR) is 77.8 cm³/mol. The number of aromatic nitrogens is 4. The zero-order chi connectivity index (χ0) is 15.7. The quantitative estimate of drug-likeness (QED) is 0.647. The van der Waals surface area contributed by atoms with Gasteiger partial charge in [0, 0.05) is 0 Å². The molecular formula is C14H12N4O4. The maximum Gasteiger partial charge on any atom is 0.330 e. The molecule has 112 valence electrons. The van der Waals surface area contributed by atoms with Crippen LogP contribution in [0.5, 0.6) is 0 Å². The zero-order valence-electron chi connectivity index (χ0n) is 11.3. The van der Waals surface area contributed by atoms with Crippen LogP contribution in [-0.2, 0) is 4.79 Å². The van der Waals surface area contributed by atoms with Gasteiger partial charge in [0.25, 0.3) is 5.56 Å². The molecule has 0 amide bonds. The van der Waals surface area contributed by atoms with Gasteiger partial charge in [-0.05, 0) is 5.56 Å². The smallest absolute Gasteiger partial charge is 0.330 e. The molecule has 3 aromatic rings. The Kier molecular flexibility index (Phi) is 3.34. The normalized spacial score (nSPS) is 12.4. The number of nitrogens with zero attached hydrogens (tertiary/aromatic N) is 2. The second-order valence-electron chi connectivity index (χ2n) is 4.76. The number of carboxylic acids is 1. The van der Waals surface area contributed by atoms with Crippen molar-refractivity contribution in [2.45, 2.75) is 12.5 Å². The number of carbonyl (C=O) groups is 1. The van der Waals surface area contributed by atoms with E-state index in [2.05, 4.69) is 15.0 Å². The molecule has 2 aromatic heterocycles. The monoisotopic (exact) mass is 300 g/mol. The van der Waals surface area contributed by atoms with Crippen LogP contribution >= 0.6 is 0 Å². The molecule has 8 heteroatoms. The first-order valence-corrected chi connectivity index (χ1v) is 6.52. The van der Waals surface area contributed by atoms with E-state index in [1.807, 2.05) is 0 Å². The maximum absolute atomic E-state index is 12.5. The van der Waals surface area contributed by atoms with Gasteiger partial charge in [-0.25, -0.2) is 9.78 Å². The van der Waals surface area contributed by atoms with E-state index in [4.69, 9.17) is 5.11 Å². The van der Waals surface area contributed by atoms with E-state index < -0.39 is 23.3 Å². The van der Waals surface area contributed by atoms with Crippen molar-refractivity contribution in [2.75, 3.05) is 0 Å². The van der Waals surface area contributed by atoms with Crippen molar-refractivity contribution in [1.82, 2.24) is 19.5 Å². The number of hydrogen-bond acceptors (Lipinski definition) is 4. The standard InChI is InChI=1S/C14H12N4O4/c19-10(20)6-9(8-4-2-1-3-5-8)18-13(21)11-12(16-7-15-11)17-14(18)22/h1-5,7,9H,6H2,(H,15,16)(H,17,22)(H,19,20). The number of hydrogen-bond donors (Lipinski definition) is 3.